The Labute approximate surface area is 97.8 Å². The molecule has 90 valence electrons. The zero-order valence-corrected chi connectivity index (χ0v) is 10.3. The fraction of sp³-hybridized carbons (Fsp3) is 0.692. The van der Waals surface area contributed by atoms with E-state index in [-0.39, 0.29) is 5.41 Å². The SMILES string of the molecule is CC(C)(CNCC1CC(N)C1)c1cc[nH]c1. The third-order valence-corrected chi connectivity index (χ3v) is 3.65. The lowest BCUT2D eigenvalue weighted by atomic mass is 9.80. The fourth-order valence-electron chi connectivity index (χ4n) is 2.39. The zero-order valence-electron chi connectivity index (χ0n) is 10.3. The predicted molar refractivity (Wildman–Crippen MR) is 67.4 cm³/mol. The van der Waals surface area contributed by atoms with Gasteiger partial charge in [0, 0.05) is 30.4 Å². The van der Waals surface area contributed by atoms with E-state index in [1.54, 1.807) is 0 Å². The summed E-state index contributed by atoms with van der Waals surface area (Å²) in [4.78, 5) is 3.12. The van der Waals surface area contributed by atoms with Gasteiger partial charge in [-0.1, -0.05) is 13.8 Å². The molecule has 1 fully saturated rings. The van der Waals surface area contributed by atoms with E-state index >= 15 is 0 Å². The molecule has 0 unspecified atom stereocenters. The Bertz CT molecular complexity index is 310. The van der Waals surface area contributed by atoms with Crippen LogP contribution >= 0.6 is 0 Å². The molecule has 0 atom stereocenters. The van der Waals surface area contributed by atoms with Crippen LogP contribution in [0.3, 0.4) is 0 Å². The molecule has 1 saturated carbocycles. The summed E-state index contributed by atoms with van der Waals surface area (Å²) in [5.41, 5.74) is 7.34. The molecule has 16 heavy (non-hydrogen) atoms. The molecule has 1 aromatic rings. The Morgan fingerprint density at radius 3 is 2.81 bits per heavy atom. The van der Waals surface area contributed by atoms with Gasteiger partial charge in [0.1, 0.15) is 0 Å². The van der Waals surface area contributed by atoms with Crippen molar-refractivity contribution in [3.05, 3.63) is 24.0 Å². The maximum atomic E-state index is 5.77. The predicted octanol–water partition coefficient (Wildman–Crippen LogP) is 1.62. The van der Waals surface area contributed by atoms with E-state index in [9.17, 15) is 0 Å². The maximum absolute atomic E-state index is 5.77. The van der Waals surface area contributed by atoms with Gasteiger partial charge in [-0.2, -0.15) is 0 Å². The smallest absolute Gasteiger partial charge is 0.00450 e. The molecule has 0 spiro atoms. The molecule has 1 aliphatic rings. The van der Waals surface area contributed by atoms with Crippen molar-refractivity contribution < 1.29 is 0 Å². The van der Waals surface area contributed by atoms with Crippen molar-refractivity contribution in [2.24, 2.45) is 11.7 Å². The molecular formula is C13H23N3. The van der Waals surface area contributed by atoms with E-state index in [0.29, 0.717) is 6.04 Å². The first kappa shape index (κ1) is 11.7. The first-order valence-corrected chi connectivity index (χ1v) is 6.17. The Hall–Kier alpha value is -0.800. The molecule has 0 saturated heterocycles. The molecule has 4 N–H and O–H groups in total. The minimum absolute atomic E-state index is 0.200. The van der Waals surface area contributed by atoms with Crippen LogP contribution in [0, 0.1) is 5.92 Å². The van der Waals surface area contributed by atoms with Crippen LogP contribution in [0.25, 0.3) is 0 Å². The third kappa shape index (κ3) is 2.66. The number of hydrogen-bond donors (Lipinski definition) is 3. The second kappa shape index (κ2) is 4.60. The monoisotopic (exact) mass is 221 g/mol. The van der Waals surface area contributed by atoms with Crippen molar-refractivity contribution >= 4 is 0 Å². The van der Waals surface area contributed by atoms with Crippen LogP contribution < -0.4 is 11.1 Å². The molecule has 0 aliphatic heterocycles. The molecule has 0 bridgehead atoms. The van der Waals surface area contributed by atoms with Crippen LogP contribution in [-0.4, -0.2) is 24.1 Å². The normalized spacial score (nSPS) is 25.4. The largest absolute Gasteiger partial charge is 0.367 e. The average molecular weight is 221 g/mol. The van der Waals surface area contributed by atoms with E-state index in [2.05, 4.69) is 36.4 Å². The van der Waals surface area contributed by atoms with Gasteiger partial charge in [-0.3, -0.25) is 0 Å². The van der Waals surface area contributed by atoms with Crippen LogP contribution in [0.1, 0.15) is 32.3 Å². The summed E-state index contributed by atoms with van der Waals surface area (Å²) in [5, 5.41) is 3.57. The maximum Gasteiger partial charge on any atom is 0.00450 e. The minimum Gasteiger partial charge on any atom is -0.367 e. The third-order valence-electron chi connectivity index (χ3n) is 3.65. The van der Waals surface area contributed by atoms with Gasteiger partial charge in [0.25, 0.3) is 0 Å². The van der Waals surface area contributed by atoms with Gasteiger partial charge in [0.15, 0.2) is 0 Å². The summed E-state index contributed by atoms with van der Waals surface area (Å²) in [7, 11) is 0. The Morgan fingerprint density at radius 2 is 2.25 bits per heavy atom. The number of nitrogens with two attached hydrogens (primary N) is 1. The number of rotatable bonds is 5. The highest BCUT2D eigenvalue weighted by Gasteiger charge is 2.26. The van der Waals surface area contributed by atoms with E-state index < -0.39 is 0 Å². The Morgan fingerprint density at radius 1 is 1.50 bits per heavy atom. The molecule has 0 aromatic carbocycles. The molecule has 3 heteroatoms. The van der Waals surface area contributed by atoms with Crippen LogP contribution in [0.5, 0.6) is 0 Å². The second-order valence-electron chi connectivity index (χ2n) is 5.71. The molecular weight excluding hydrogens is 198 g/mol. The van der Waals surface area contributed by atoms with E-state index in [4.69, 9.17) is 5.73 Å². The highest BCUT2D eigenvalue weighted by molar-refractivity contribution is 5.20. The van der Waals surface area contributed by atoms with Gasteiger partial charge in [-0.05, 0) is 36.9 Å². The van der Waals surface area contributed by atoms with Gasteiger partial charge >= 0.3 is 0 Å². The second-order valence-corrected chi connectivity index (χ2v) is 5.71. The summed E-state index contributed by atoms with van der Waals surface area (Å²) >= 11 is 0. The van der Waals surface area contributed by atoms with Gasteiger partial charge in [-0.15, -0.1) is 0 Å². The summed E-state index contributed by atoms with van der Waals surface area (Å²) < 4.78 is 0. The first-order chi connectivity index (χ1) is 7.58. The minimum atomic E-state index is 0.200. The topological polar surface area (TPSA) is 53.8 Å². The molecule has 1 heterocycles. The lowest BCUT2D eigenvalue weighted by molar-refractivity contribution is 0.251. The van der Waals surface area contributed by atoms with E-state index in [1.165, 1.54) is 18.4 Å². The zero-order chi connectivity index (χ0) is 11.6. The summed E-state index contributed by atoms with van der Waals surface area (Å²) in [5.74, 6) is 0.803. The molecule has 1 aromatic heterocycles. The number of aromatic nitrogens is 1. The summed E-state index contributed by atoms with van der Waals surface area (Å²) in [6.07, 6.45) is 6.46. The van der Waals surface area contributed by atoms with Crippen molar-refractivity contribution in [2.75, 3.05) is 13.1 Å². The average Bonchev–Trinajstić information content (AvgIpc) is 2.68. The molecule has 0 radical (unpaired) electrons. The quantitative estimate of drug-likeness (QED) is 0.707. The van der Waals surface area contributed by atoms with Crippen LogP contribution in [0.2, 0.25) is 0 Å². The van der Waals surface area contributed by atoms with Gasteiger partial charge in [0.2, 0.25) is 0 Å². The van der Waals surface area contributed by atoms with Gasteiger partial charge < -0.3 is 16.0 Å². The van der Waals surface area contributed by atoms with Crippen LogP contribution in [0.4, 0.5) is 0 Å². The Kier molecular flexibility index (Phi) is 3.36. The van der Waals surface area contributed by atoms with Gasteiger partial charge in [0.05, 0.1) is 0 Å². The van der Waals surface area contributed by atoms with Crippen molar-refractivity contribution in [1.29, 1.82) is 0 Å². The number of nitrogens with one attached hydrogen (secondary N) is 2. The standard InChI is InChI=1S/C13H23N3/c1-13(2,11-3-4-15-8-11)9-16-7-10-5-12(14)6-10/h3-4,8,10,12,15-16H,5-7,9,14H2,1-2H3. The Balaban J connectivity index is 1.73. The number of H-pyrrole nitrogens is 1. The fourth-order valence-corrected chi connectivity index (χ4v) is 2.39. The van der Waals surface area contributed by atoms with Gasteiger partial charge in [-0.25, -0.2) is 0 Å². The number of hydrogen-bond acceptors (Lipinski definition) is 2. The molecule has 1 aliphatic carbocycles. The van der Waals surface area contributed by atoms with Crippen molar-refractivity contribution in [3.8, 4) is 0 Å². The lowest BCUT2D eigenvalue weighted by Gasteiger charge is -2.34. The van der Waals surface area contributed by atoms with Crippen molar-refractivity contribution in [3.63, 3.8) is 0 Å². The van der Waals surface area contributed by atoms with Crippen LogP contribution in [-0.2, 0) is 5.41 Å². The highest BCUT2D eigenvalue weighted by Crippen LogP contribution is 2.25. The molecule has 3 nitrogen and oxygen atoms in total. The first-order valence-electron chi connectivity index (χ1n) is 6.17. The lowest BCUT2D eigenvalue weighted by Crippen LogP contribution is -2.43. The van der Waals surface area contributed by atoms with Crippen LogP contribution in [0.15, 0.2) is 18.5 Å². The van der Waals surface area contributed by atoms with E-state index in [1.807, 2.05) is 6.20 Å². The summed E-state index contributed by atoms with van der Waals surface area (Å²) in [6, 6.07) is 2.62. The van der Waals surface area contributed by atoms with E-state index in [0.717, 1.165) is 19.0 Å². The van der Waals surface area contributed by atoms with Crippen molar-refractivity contribution in [2.45, 2.75) is 38.1 Å². The summed E-state index contributed by atoms with van der Waals surface area (Å²) in [6.45, 7) is 6.68. The molecule has 2 rings (SSSR count). The molecule has 0 amide bonds. The number of aromatic amines is 1. The highest BCUT2D eigenvalue weighted by atomic mass is 14.9. The van der Waals surface area contributed by atoms with Crippen molar-refractivity contribution in [1.82, 2.24) is 10.3 Å².